The predicted molar refractivity (Wildman–Crippen MR) is 71.8 cm³/mol. The summed E-state index contributed by atoms with van der Waals surface area (Å²) in [5.74, 6) is 1.11. The Balaban J connectivity index is 2.60. The van der Waals surface area contributed by atoms with Crippen LogP contribution in [0.5, 0.6) is 5.75 Å². The van der Waals surface area contributed by atoms with E-state index in [1.807, 2.05) is 7.05 Å². The first-order valence-corrected chi connectivity index (χ1v) is 6.39. The monoisotopic (exact) mass is 233 g/mol. The molecule has 1 unspecified atom stereocenters. The van der Waals surface area contributed by atoms with E-state index in [4.69, 9.17) is 4.74 Å². The summed E-state index contributed by atoms with van der Waals surface area (Å²) < 4.78 is 5.95. The Morgan fingerprint density at radius 3 is 2.59 bits per heavy atom. The molecule has 2 nitrogen and oxygen atoms in total. The van der Waals surface area contributed by atoms with Gasteiger partial charge in [0.25, 0.3) is 0 Å². The van der Waals surface area contributed by atoms with Crippen molar-refractivity contribution in [1.29, 1.82) is 0 Å². The zero-order chi connectivity index (χ0) is 12.6. The van der Waals surface area contributed by atoms with Crippen LogP contribution in [0.25, 0.3) is 0 Å². The fraction of sp³-hybridized carbons (Fsp3) is 0.600. The van der Waals surface area contributed by atoms with Crippen molar-refractivity contribution >= 4 is 0 Å². The predicted octanol–water partition coefficient (Wildman–Crippen LogP) is 3.34. The number of ether oxygens (including phenoxy) is 1. The maximum absolute atomic E-state index is 5.95. The summed E-state index contributed by atoms with van der Waals surface area (Å²) >= 11 is 0. The van der Waals surface area contributed by atoms with Gasteiger partial charge >= 0.3 is 0 Å². The Bertz CT molecular complexity index is 418. The topological polar surface area (TPSA) is 21.3 Å². The van der Waals surface area contributed by atoms with Gasteiger partial charge in [-0.1, -0.05) is 32.9 Å². The van der Waals surface area contributed by atoms with Crippen molar-refractivity contribution in [1.82, 2.24) is 5.32 Å². The first-order valence-electron chi connectivity index (χ1n) is 6.39. The van der Waals surface area contributed by atoms with E-state index >= 15 is 0 Å². The number of hydrogen-bond acceptors (Lipinski definition) is 2. The molecule has 1 aromatic rings. The van der Waals surface area contributed by atoms with E-state index in [-0.39, 0.29) is 5.41 Å². The van der Waals surface area contributed by atoms with Gasteiger partial charge < -0.3 is 10.1 Å². The van der Waals surface area contributed by atoms with Gasteiger partial charge in [0.2, 0.25) is 0 Å². The molecule has 1 atom stereocenters. The molecule has 1 heterocycles. The second-order valence-corrected chi connectivity index (χ2v) is 5.90. The third-order valence-corrected chi connectivity index (χ3v) is 3.57. The third kappa shape index (κ3) is 2.19. The van der Waals surface area contributed by atoms with Crippen LogP contribution >= 0.6 is 0 Å². The molecule has 0 radical (unpaired) electrons. The fourth-order valence-corrected chi connectivity index (χ4v) is 2.59. The SMILES string of the molecule is CNC1CCOc2c(C(C)(C)C)ccc(C)c21. The molecule has 0 spiro atoms. The zero-order valence-corrected chi connectivity index (χ0v) is 11.6. The minimum atomic E-state index is 0.132. The highest BCUT2D eigenvalue weighted by molar-refractivity contribution is 5.51. The van der Waals surface area contributed by atoms with Crippen LogP contribution in [0, 0.1) is 6.92 Å². The molecule has 2 rings (SSSR count). The number of nitrogens with one attached hydrogen (secondary N) is 1. The van der Waals surface area contributed by atoms with Crippen molar-refractivity contribution in [3.05, 3.63) is 28.8 Å². The van der Waals surface area contributed by atoms with Crippen LogP contribution < -0.4 is 10.1 Å². The number of hydrogen-bond donors (Lipinski definition) is 1. The molecule has 0 fully saturated rings. The molecule has 17 heavy (non-hydrogen) atoms. The molecule has 1 aromatic carbocycles. The maximum atomic E-state index is 5.95. The first kappa shape index (κ1) is 12.4. The first-order chi connectivity index (χ1) is 7.95. The number of aryl methyl sites for hydroxylation is 1. The van der Waals surface area contributed by atoms with Crippen LogP contribution in [0.15, 0.2) is 12.1 Å². The molecule has 0 bridgehead atoms. The third-order valence-electron chi connectivity index (χ3n) is 3.57. The summed E-state index contributed by atoms with van der Waals surface area (Å²) in [7, 11) is 2.03. The van der Waals surface area contributed by atoms with Crippen LogP contribution in [0.3, 0.4) is 0 Å². The van der Waals surface area contributed by atoms with Crippen molar-refractivity contribution < 1.29 is 4.74 Å². The Kier molecular flexibility index (Phi) is 3.17. The van der Waals surface area contributed by atoms with Gasteiger partial charge in [0.05, 0.1) is 6.61 Å². The van der Waals surface area contributed by atoms with Crippen LogP contribution in [0.1, 0.15) is 49.9 Å². The van der Waals surface area contributed by atoms with Gasteiger partial charge in [-0.25, -0.2) is 0 Å². The quantitative estimate of drug-likeness (QED) is 0.803. The molecule has 0 aliphatic carbocycles. The van der Waals surface area contributed by atoms with Gasteiger partial charge in [-0.15, -0.1) is 0 Å². The number of rotatable bonds is 1. The Labute approximate surface area is 104 Å². The smallest absolute Gasteiger partial charge is 0.128 e. The zero-order valence-electron chi connectivity index (χ0n) is 11.6. The summed E-state index contributed by atoms with van der Waals surface area (Å²) in [5, 5.41) is 3.40. The van der Waals surface area contributed by atoms with E-state index in [0.717, 1.165) is 18.8 Å². The molecule has 0 saturated heterocycles. The second-order valence-electron chi connectivity index (χ2n) is 5.90. The van der Waals surface area contributed by atoms with Gasteiger partial charge in [0.1, 0.15) is 5.75 Å². The van der Waals surface area contributed by atoms with E-state index in [2.05, 4.69) is 45.1 Å². The van der Waals surface area contributed by atoms with Crippen LogP contribution in [-0.2, 0) is 5.41 Å². The molecule has 1 aliphatic heterocycles. The Morgan fingerprint density at radius 2 is 2.00 bits per heavy atom. The number of fused-ring (bicyclic) bond motifs is 1. The molecule has 0 amide bonds. The molecule has 1 aliphatic rings. The average molecular weight is 233 g/mol. The average Bonchev–Trinajstić information content (AvgIpc) is 2.27. The normalized spacial score (nSPS) is 19.7. The van der Waals surface area contributed by atoms with Crippen molar-refractivity contribution in [2.75, 3.05) is 13.7 Å². The summed E-state index contributed by atoms with van der Waals surface area (Å²) in [4.78, 5) is 0. The maximum Gasteiger partial charge on any atom is 0.128 e. The van der Waals surface area contributed by atoms with Crippen molar-refractivity contribution in [2.45, 2.75) is 45.6 Å². The highest BCUT2D eigenvalue weighted by atomic mass is 16.5. The molecule has 0 saturated carbocycles. The van der Waals surface area contributed by atoms with Crippen LogP contribution in [0.4, 0.5) is 0 Å². The van der Waals surface area contributed by atoms with Crippen molar-refractivity contribution in [3.8, 4) is 5.75 Å². The van der Waals surface area contributed by atoms with Gasteiger partial charge in [0, 0.05) is 18.0 Å². The summed E-state index contributed by atoms with van der Waals surface area (Å²) in [5.41, 5.74) is 4.13. The summed E-state index contributed by atoms with van der Waals surface area (Å²) in [6.07, 6.45) is 1.05. The summed E-state index contributed by atoms with van der Waals surface area (Å²) in [6, 6.07) is 4.87. The van der Waals surface area contributed by atoms with E-state index < -0.39 is 0 Å². The lowest BCUT2D eigenvalue weighted by molar-refractivity contribution is 0.250. The lowest BCUT2D eigenvalue weighted by Crippen LogP contribution is -2.27. The molecule has 94 valence electrons. The lowest BCUT2D eigenvalue weighted by atomic mass is 9.82. The molecule has 0 aromatic heterocycles. The van der Waals surface area contributed by atoms with E-state index in [1.165, 1.54) is 16.7 Å². The lowest BCUT2D eigenvalue weighted by Gasteiger charge is -2.32. The Morgan fingerprint density at radius 1 is 1.29 bits per heavy atom. The standard InChI is InChI=1S/C15H23NO/c1-10-6-7-11(15(2,3)4)14-13(10)12(16-5)8-9-17-14/h6-7,12,16H,8-9H2,1-5H3. The van der Waals surface area contributed by atoms with Gasteiger partial charge in [-0.3, -0.25) is 0 Å². The minimum Gasteiger partial charge on any atom is -0.493 e. The molecular weight excluding hydrogens is 210 g/mol. The van der Waals surface area contributed by atoms with Crippen LogP contribution in [0.2, 0.25) is 0 Å². The highest BCUT2D eigenvalue weighted by Crippen LogP contribution is 2.41. The summed E-state index contributed by atoms with van der Waals surface area (Å²) in [6.45, 7) is 9.70. The van der Waals surface area contributed by atoms with Crippen molar-refractivity contribution in [2.24, 2.45) is 0 Å². The van der Waals surface area contributed by atoms with E-state index in [1.54, 1.807) is 0 Å². The molecule has 1 N–H and O–H groups in total. The largest absolute Gasteiger partial charge is 0.493 e. The van der Waals surface area contributed by atoms with E-state index in [9.17, 15) is 0 Å². The molecular formula is C15H23NO. The minimum absolute atomic E-state index is 0.132. The van der Waals surface area contributed by atoms with Gasteiger partial charge in [0.15, 0.2) is 0 Å². The van der Waals surface area contributed by atoms with Gasteiger partial charge in [-0.05, 0) is 30.5 Å². The van der Waals surface area contributed by atoms with E-state index in [0.29, 0.717) is 6.04 Å². The highest BCUT2D eigenvalue weighted by Gasteiger charge is 2.28. The fourth-order valence-electron chi connectivity index (χ4n) is 2.59. The molecule has 2 heteroatoms. The number of benzene rings is 1. The van der Waals surface area contributed by atoms with Gasteiger partial charge in [-0.2, -0.15) is 0 Å². The second kappa shape index (κ2) is 4.34. The van der Waals surface area contributed by atoms with Crippen molar-refractivity contribution in [3.63, 3.8) is 0 Å². The van der Waals surface area contributed by atoms with Crippen LogP contribution in [-0.4, -0.2) is 13.7 Å². The Hall–Kier alpha value is -1.02.